The van der Waals surface area contributed by atoms with Crippen molar-refractivity contribution in [3.05, 3.63) is 237 Å². The normalized spacial score (nSPS) is 11.5. The van der Waals surface area contributed by atoms with E-state index in [1.165, 1.54) is 47.5 Å². The Morgan fingerprint density at radius 2 is 0.853 bits per heavy atom. The molecule has 0 atom stereocenters. The van der Waals surface area contributed by atoms with Crippen LogP contribution in [0.5, 0.6) is 0 Å². The number of nitrogens with zero attached hydrogens (tertiary/aromatic N) is 5. The summed E-state index contributed by atoms with van der Waals surface area (Å²) in [5, 5.41) is 4.88. The van der Waals surface area contributed by atoms with Crippen molar-refractivity contribution in [1.29, 1.82) is 0 Å². The van der Waals surface area contributed by atoms with E-state index in [1.54, 1.807) is 0 Å². The summed E-state index contributed by atoms with van der Waals surface area (Å²) in [5.74, 6) is 1.75. The van der Waals surface area contributed by atoms with Crippen LogP contribution in [0.25, 0.3) is 126 Å². The first-order valence-corrected chi connectivity index (χ1v) is 23.6. The van der Waals surface area contributed by atoms with Crippen molar-refractivity contribution in [3.63, 3.8) is 0 Å². The Bertz CT molecular complexity index is 3940. The minimum absolute atomic E-state index is 0.551. The molecule has 6 heteroatoms. The van der Waals surface area contributed by atoms with Crippen LogP contribution in [0.15, 0.2) is 237 Å². The highest BCUT2D eigenvalue weighted by Crippen LogP contribution is 2.44. The van der Waals surface area contributed by atoms with Gasteiger partial charge < -0.3 is 4.57 Å². The molecule has 0 unspecified atom stereocenters. The Morgan fingerprint density at radius 1 is 0.309 bits per heavy atom. The summed E-state index contributed by atoms with van der Waals surface area (Å²) < 4.78 is 4.85. The van der Waals surface area contributed by atoms with Crippen LogP contribution in [-0.4, -0.2) is 24.5 Å². The third-order valence-corrected chi connectivity index (χ3v) is 14.0. The number of rotatable bonds is 8. The van der Waals surface area contributed by atoms with E-state index in [9.17, 15) is 0 Å². The Morgan fingerprint density at radius 3 is 1.53 bits per heavy atom. The topological polar surface area (TPSA) is 56.5 Å². The predicted molar refractivity (Wildman–Crippen MR) is 283 cm³/mol. The van der Waals surface area contributed by atoms with Crippen LogP contribution in [0.1, 0.15) is 0 Å². The summed E-state index contributed by atoms with van der Waals surface area (Å²) in [5.41, 5.74) is 14.6. The molecule has 0 radical (unpaired) electrons. The third kappa shape index (κ3) is 6.94. The number of para-hydroxylation sites is 2. The lowest BCUT2D eigenvalue weighted by molar-refractivity contribution is 1.07. The Balaban J connectivity index is 1.04. The summed E-state index contributed by atoms with van der Waals surface area (Å²) in [4.78, 5) is 21.0. The smallest absolute Gasteiger partial charge is 0.166 e. The van der Waals surface area contributed by atoms with E-state index in [4.69, 9.17) is 19.9 Å². The van der Waals surface area contributed by atoms with Crippen molar-refractivity contribution in [2.75, 3.05) is 0 Å². The maximum atomic E-state index is 5.39. The molecular formula is C62H39N5S. The van der Waals surface area contributed by atoms with Gasteiger partial charge in [0.15, 0.2) is 17.5 Å². The summed E-state index contributed by atoms with van der Waals surface area (Å²) >= 11 is 1.83. The highest BCUT2D eigenvalue weighted by Gasteiger charge is 2.21. The minimum Gasteiger partial charge on any atom is -0.309 e. The molecule has 0 aliphatic carbocycles. The molecule has 9 aromatic carbocycles. The van der Waals surface area contributed by atoms with Crippen LogP contribution >= 0.6 is 11.3 Å². The molecule has 0 aliphatic rings. The molecule has 0 N–H and O–H groups in total. The highest BCUT2D eigenvalue weighted by molar-refractivity contribution is 7.25. The quantitative estimate of drug-likeness (QED) is 0.153. The standard InChI is InChI=1S/C62H39N5S/c1-6-18-40(19-7-1)48-32-30-44(34-50(48)41-20-8-2-9-21-41)46-36-54(62-65-60(42-22-10-3-11-23-42)64-61(66-62)43-24-12-4-13-25-43)59(63-39-46)45-31-33-57-52(35-45)53-37-56-51(38-58(53)68-57)49-28-16-17-29-55(49)67(56)47-26-14-5-15-27-47/h1-39H. The molecule has 0 bridgehead atoms. The molecule has 68 heavy (non-hydrogen) atoms. The van der Waals surface area contributed by atoms with E-state index in [0.717, 1.165) is 61.5 Å². The number of pyridine rings is 1. The Labute approximate surface area is 397 Å². The van der Waals surface area contributed by atoms with E-state index in [0.29, 0.717) is 17.5 Å². The molecule has 13 rings (SSSR count). The number of fused-ring (bicyclic) bond motifs is 6. The van der Waals surface area contributed by atoms with E-state index in [2.05, 4.69) is 174 Å². The van der Waals surface area contributed by atoms with E-state index >= 15 is 0 Å². The molecule has 318 valence electrons. The lowest BCUT2D eigenvalue weighted by Crippen LogP contribution is -2.02. The number of benzene rings is 9. The maximum Gasteiger partial charge on any atom is 0.166 e. The number of thiophene rings is 1. The molecule has 0 saturated carbocycles. The van der Waals surface area contributed by atoms with Crippen LogP contribution in [0.4, 0.5) is 0 Å². The molecule has 0 spiro atoms. The highest BCUT2D eigenvalue weighted by atomic mass is 32.1. The van der Waals surface area contributed by atoms with Gasteiger partial charge in [-0.15, -0.1) is 11.3 Å². The summed E-state index contributed by atoms with van der Waals surface area (Å²) in [6, 6.07) is 81.3. The van der Waals surface area contributed by atoms with Crippen molar-refractivity contribution in [3.8, 4) is 84.5 Å². The minimum atomic E-state index is 0.551. The van der Waals surface area contributed by atoms with Crippen molar-refractivity contribution >= 4 is 53.3 Å². The van der Waals surface area contributed by atoms with E-state index in [-0.39, 0.29) is 0 Å². The zero-order valence-electron chi connectivity index (χ0n) is 36.7. The average Bonchev–Trinajstić information content (AvgIpc) is 3.95. The lowest BCUT2D eigenvalue weighted by atomic mass is 9.91. The van der Waals surface area contributed by atoms with Crippen LogP contribution < -0.4 is 0 Å². The monoisotopic (exact) mass is 885 g/mol. The molecule has 4 heterocycles. The van der Waals surface area contributed by atoms with Gasteiger partial charge in [-0.05, 0) is 82.4 Å². The first-order valence-electron chi connectivity index (χ1n) is 22.8. The number of aromatic nitrogens is 5. The average molecular weight is 886 g/mol. The SMILES string of the molecule is c1ccc(-c2nc(-c3ccccc3)nc(-c3cc(-c4ccc(-c5ccccc5)c(-c5ccccc5)c4)cnc3-c3ccc4sc5cc6c7ccccc7n(-c7ccccc7)c6cc5c4c3)n2)cc1. The summed E-state index contributed by atoms with van der Waals surface area (Å²) in [6.45, 7) is 0. The molecule has 13 aromatic rings. The van der Waals surface area contributed by atoms with Crippen LogP contribution in [0.2, 0.25) is 0 Å². The number of hydrogen-bond donors (Lipinski definition) is 0. The van der Waals surface area contributed by atoms with Gasteiger partial charge in [-0.2, -0.15) is 0 Å². The van der Waals surface area contributed by atoms with Crippen molar-refractivity contribution < 1.29 is 0 Å². The van der Waals surface area contributed by atoms with Crippen molar-refractivity contribution in [1.82, 2.24) is 24.5 Å². The predicted octanol–water partition coefficient (Wildman–Crippen LogP) is 16.4. The van der Waals surface area contributed by atoms with Gasteiger partial charge in [0.05, 0.1) is 16.7 Å². The van der Waals surface area contributed by atoms with E-state index in [1.807, 2.05) is 78.2 Å². The molecular weight excluding hydrogens is 847 g/mol. The third-order valence-electron chi connectivity index (χ3n) is 12.9. The summed E-state index contributed by atoms with van der Waals surface area (Å²) in [6.07, 6.45) is 2.00. The Kier molecular flexibility index (Phi) is 9.62. The second-order valence-corrected chi connectivity index (χ2v) is 18.1. The first-order chi connectivity index (χ1) is 33.7. The maximum absolute atomic E-state index is 5.39. The van der Waals surface area contributed by atoms with Gasteiger partial charge in [-0.1, -0.05) is 176 Å². The lowest BCUT2D eigenvalue weighted by Gasteiger charge is -2.15. The Hall–Kier alpha value is -8.84. The van der Waals surface area contributed by atoms with Gasteiger partial charge in [-0.3, -0.25) is 4.98 Å². The van der Waals surface area contributed by atoms with Crippen LogP contribution in [0, 0.1) is 0 Å². The van der Waals surface area contributed by atoms with Gasteiger partial charge in [0.1, 0.15) is 0 Å². The molecule has 0 aliphatic heterocycles. The van der Waals surface area contributed by atoms with Crippen LogP contribution in [0.3, 0.4) is 0 Å². The zero-order chi connectivity index (χ0) is 45.0. The fourth-order valence-corrected chi connectivity index (χ4v) is 10.8. The van der Waals surface area contributed by atoms with Gasteiger partial charge in [0.25, 0.3) is 0 Å². The zero-order valence-corrected chi connectivity index (χ0v) is 37.5. The molecule has 5 nitrogen and oxygen atoms in total. The van der Waals surface area contributed by atoms with Crippen LogP contribution in [-0.2, 0) is 0 Å². The fourth-order valence-electron chi connectivity index (χ4n) is 9.64. The summed E-state index contributed by atoms with van der Waals surface area (Å²) in [7, 11) is 0. The van der Waals surface area contributed by atoms with Gasteiger partial charge in [0.2, 0.25) is 0 Å². The van der Waals surface area contributed by atoms with Gasteiger partial charge >= 0.3 is 0 Å². The molecule has 4 aromatic heterocycles. The second-order valence-electron chi connectivity index (χ2n) is 17.0. The fraction of sp³-hybridized carbons (Fsp3) is 0. The second kappa shape index (κ2) is 16.5. The van der Waals surface area contributed by atoms with E-state index < -0.39 is 0 Å². The number of hydrogen-bond acceptors (Lipinski definition) is 5. The molecule has 0 saturated heterocycles. The van der Waals surface area contributed by atoms with Gasteiger partial charge in [0, 0.05) is 70.6 Å². The first kappa shape index (κ1) is 39.5. The molecule has 0 amide bonds. The largest absolute Gasteiger partial charge is 0.309 e. The van der Waals surface area contributed by atoms with Crippen molar-refractivity contribution in [2.45, 2.75) is 0 Å². The molecule has 0 fully saturated rings. The van der Waals surface area contributed by atoms with Crippen molar-refractivity contribution in [2.24, 2.45) is 0 Å². The van der Waals surface area contributed by atoms with Gasteiger partial charge in [-0.25, -0.2) is 15.0 Å².